The summed E-state index contributed by atoms with van der Waals surface area (Å²) in [6.07, 6.45) is 2.13. The molecule has 188 valence electrons. The highest BCUT2D eigenvalue weighted by Crippen LogP contribution is 2.34. The molecule has 9 heteroatoms. The van der Waals surface area contributed by atoms with Crippen LogP contribution in [0.2, 0.25) is 0 Å². The molecular weight excluding hydrogens is 462 g/mol. The SMILES string of the molecule is Cc1ccccc1OCC(=O)c1ccc2c(c1)N(Cc1nc(C(=O)NCCC(C)C)co1)C(=O)CO2. The Bertz CT molecular complexity index is 1270. The summed E-state index contributed by atoms with van der Waals surface area (Å²) in [6, 6.07) is 12.3. The van der Waals surface area contributed by atoms with Crippen molar-refractivity contribution in [1.82, 2.24) is 10.3 Å². The molecule has 0 spiro atoms. The van der Waals surface area contributed by atoms with Crippen LogP contribution in [0.4, 0.5) is 5.69 Å². The van der Waals surface area contributed by atoms with Gasteiger partial charge in [-0.1, -0.05) is 32.0 Å². The van der Waals surface area contributed by atoms with E-state index in [2.05, 4.69) is 24.1 Å². The lowest BCUT2D eigenvalue weighted by Gasteiger charge is -2.28. The molecule has 2 amide bonds. The van der Waals surface area contributed by atoms with Gasteiger partial charge in [-0.15, -0.1) is 0 Å². The molecule has 0 unspecified atom stereocenters. The van der Waals surface area contributed by atoms with E-state index in [0.29, 0.717) is 35.2 Å². The van der Waals surface area contributed by atoms with Gasteiger partial charge in [0.2, 0.25) is 5.89 Å². The second-order valence-corrected chi connectivity index (χ2v) is 8.99. The van der Waals surface area contributed by atoms with Crippen LogP contribution in [-0.2, 0) is 11.3 Å². The van der Waals surface area contributed by atoms with Crippen LogP contribution in [0.5, 0.6) is 11.5 Å². The van der Waals surface area contributed by atoms with Crippen LogP contribution in [0.15, 0.2) is 53.1 Å². The minimum absolute atomic E-state index is 0.00811. The maximum Gasteiger partial charge on any atom is 0.273 e. The highest BCUT2D eigenvalue weighted by Gasteiger charge is 2.28. The van der Waals surface area contributed by atoms with Crippen molar-refractivity contribution in [2.45, 2.75) is 33.7 Å². The molecule has 0 fully saturated rings. The van der Waals surface area contributed by atoms with Gasteiger partial charge in [-0.05, 0) is 49.1 Å². The summed E-state index contributed by atoms with van der Waals surface area (Å²) in [7, 11) is 0. The van der Waals surface area contributed by atoms with Gasteiger partial charge in [0.05, 0.1) is 5.69 Å². The molecule has 0 aliphatic carbocycles. The Morgan fingerprint density at radius 1 is 1.19 bits per heavy atom. The Morgan fingerprint density at radius 2 is 2.00 bits per heavy atom. The summed E-state index contributed by atoms with van der Waals surface area (Å²) in [5.74, 6) is 0.878. The van der Waals surface area contributed by atoms with Crippen LogP contribution in [-0.4, -0.2) is 42.3 Å². The normalized spacial score (nSPS) is 12.8. The summed E-state index contributed by atoms with van der Waals surface area (Å²) in [6.45, 7) is 6.29. The number of oxazole rings is 1. The number of nitrogens with one attached hydrogen (secondary N) is 1. The number of ether oxygens (including phenoxy) is 2. The fraction of sp³-hybridized carbons (Fsp3) is 0.333. The van der Waals surface area contributed by atoms with Crippen molar-refractivity contribution in [3.63, 3.8) is 0 Å². The van der Waals surface area contributed by atoms with Crippen molar-refractivity contribution in [1.29, 1.82) is 0 Å². The van der Waals surface area contributed by atoms with Crippen LogP contribution in [0.25, 0.3) is 0 Å². The number of nitrogens with zero attached hydrogens (tertiary/aromatic N) is 2. The first-order valence-corrected chi connectivity index (χ1v) is 11.8. The molecule has 0 saturated heterocycles. The molecule has 9 nitrogen and oxygen atoms in total. The number of aromatic nitrogens is 1. The van der Waals surface area contributed by atoms with Crippen molar-refractivity contribution in [2.24, 2.45) is 5.92 Å². The molecule has 2 heterocycles. The van der Waals surface area contributed by atoms with E-state index in [4.69, 9.17) is 13.9 Å². The predicted octanol–water partition coefficient (Wildman–Crippen LogP) is 3.95. The number of para-hydroxylation sites is 1. The molecule has 3 aromatic rings. The lowest BCUT2D eigenvalue weighted by atomic mass is 10.1. The van der Waals surface area contributed by atoms with Crippen LogP contribution >= 0.6 is 0 Å². The van der Waals surface area contributed by atoms with E-state index in [0.717, 1.165) is 12.0 Å². The fourth-order valence-corrected chi connectivity index (χ4v) is 3.68. The molecule has 1 aliphatic heterocycles. The van der Waals surface area contributed by atoms with Gasteiger partial charge in [0.1, 0.15) is 24.3 Å². The summed E-state index contributed by atoms with van der Waals surface area (Å²) >= 11 is 0. The summed E-state index contributed by atoms with van der Waals surface area (Å²) in [5.41, 5.74) is 1.88. The number of hydrogen-bond donors (Lipinski definition) is 1. The van der Waals surface area contributed by atoms with E-state index in [9.17, 15) is 14.4 Å². The molecule has 1 aliphatic rings. The Labute approximate surface area is 209 Å². The number of hydrogen-bond acceptors (Lipinski definition) is 7. The van der Waals surface area contributed by atoms with Crippen molar-refractivity contribution < 1.29 is 28.3 Å². The third kappa shape index (κ3) is 5.91. The zero-order valence-electron chi connectivity index (χ0n) is 20.6. The third-order valence-electron chi connectivity index (χ3n) is 5.76. The number of Topliss-reactive ketones (excluding diaryl/α,β-unsaturated/α-hetero) is 1. The van der Waals surface area contributed by atoms with Gasteiger partial charge < -0.3 is 19.2 Å². The van der Waals surface area contributed by atoms with E-state index in [1.54, 1.807) is 24.3 Å². The minimum atomic E-state index is -0.333. The van der Waals surface area contributed by atoms with Gasteiger partial charge in [-0.25, -0.2) is 4.98 Å². The molecule has 36 heavy (non-hydrogen) atoms. The largest absolute Gasteiger partial charge is 0.485 e. The van der Waals surface area contributed by atoms with E-state index in [-0.39, 0.29) is 48.9 Å². The van der Waals surface area contributed by atoms with E-state index in [1.165, 1.54) is 11.2 Å². The standard InChI is InChI=1S/C27H29N3O6/c1-17(2)10-11-28-27(33)20-14-36-25(29-20)13-30-21-12-19(8-9-24(21)35-16-26(30)32)22(31)15-34-23-7-5-4-6-18(23)3/h4-9,12,14,17H,10-11,13,15-16H2,1-3H3,(H,28,33). The van der Waals surface area contributed by atoms with Gasteiger partial charge in [-0.2, -0.15) is 0 Å². The first kappa shape index (κ1) is 25.0. The zero-order valence-corrected chi connectivity index (χ0v) is 20.6. The second kappa shape index (κ2) is 11.1. The van der Waals surface area contributed by atoms with Gasteiger partial charge in [0, 0.05) is 12.1 Å². The zero-order chi connectivity index (χ0) is 25.7. The van der Waals surface area contributed by atoms with Crippen LogP contribution in [0.1, 0.15) is 52.6 Å². The number of benzene rings is 2. The number of rotatable bonds is 10. The highest BCUT2D eigenvalue weighted by atomic mass is 16.5. The van der Waals surface area contributed by atoms with Crippen molar-refractivity contribution >= 4 is 23.3 Å². The molecular formula is C27H29N3O6. The van der Waals surface area contributed by atoms with E-state index >= 15 is 0 Å². The number of aryl methyl sites for hydroxylation is 1. The molecule has 0 atom stereocenters. The van der Waals surface area contributed by atoms with Crippen molar-refractivity contribution in [3.05, 3.63) is 71.4 Å². The first-order valence-electron chi connectivity index (χ1n) is 11.8. The number of amides is 2. The number of carbonyl (C=O) groups excluding carboxylic acids is 3. The summed E-state index contributed by atoms with van der Waals surface area (Å²) in [5, 5.41) is 2.81. The molecule has 4 rings (SSSR count). The highest BCUT2D eigenvalue weighted by molar-refractivity contribution is 6.02. The number of anilines is 1. The maximum atomic E-state index is 12.8. The van der Waals surface area contributed by atoms with Crippen molar-refractivity contribution in [3.8, 4) is 11.5 Å². The van der Waals surface area contributed by atoms with E-state index in [1.807, 2.05) is 25.1 Å². The van der Waals surface area contributed by atoms with Gasteiger partial charge in [0.15, 0.2) is 24.7 Å². The topological polar surface area (TPSA) is 111 Å². The monoisotopic (exact) mass is 491 g/mol. The predicted molar refractivity (Wildman–Crippen MR) is 132 cm³/mol. The van der Waals surface area contributed by atoms with Gasteiger partial charge in [-0.3, -0.25) is 19.3 Å². The Balaban J connectivity index is 1.46. The quantitative estimate of drug-likeness (QED) is 0.428. The average molecular weight is 492 g/mol. The number of carbonyl (C=O) groups is 3. The number of fused-ring (bicyclic) bond motifs is 1. The lowest BCUT2D eigenvalue weighted by Crippen LogP contribution is -2.38. The Kier molecular flexibility index (Phi) is 7.68. The van der Waals surface area contributed by atoms with Gasteiger partial charge >= 0.3 is 0 Å². The lowest BCUT2D eigenvalue weighted by molar-refractivity contribution is -0.121. The van der Waals surface area contributed by atoms with Crippen molar-refractivity contribution in [2.75, 3.05) is 24.7 Å². The smallest absolute Gasteiger partial charge is 0.273 e. The van der Waals surface area contributed by atoms with E-state index < -0.39 is 0 Å². The molecule has 1 N–H and O–H groups in total. The third-order valence-corrected chi connectivity index (χ3v) is 5.76. The summed E-state index contributed by atoms with van der Waals surface area (Å²) < 4.78 is 16.7. The fourth-order valence-electron chi connectivity index (χ4n) is 3.68. The minimum Gasteiger partial charge on any atom is -0.485 e. The first-order chi connectivity index (χ1) is 17.3. The molecule has 0 bridgehead atoms. The number of ketones is 1. The molecule has 0 radical (unpaired) electrons. The Hall–Kier alpha value is -4.14. The summed E-state index contributed by atoms with van der Waals surface area (Å²) in [4.78, 5) is 43.5. The molecule has 2 aromatic carbocycles. The maximum absolute atomic E-state index is 12.8. The van der Waals surface area contributed by atoms with Crippen LogP contribution < -0.4 is 19.7 Å². The molecule has 1 aromatic heterocycles. The van der Waals surface area contributed by atoms with Crippen LogP contribution in [0.3, 0.4) is 0 Å². The van der Waals surface area contributed by atoms with Crippen LogP contribution in [0, 0.1) is 12.8 Å². The van der Waals surface area contributed by atoms with Gasteiger partial charge in [0.25, 0.3) is 11.8 Å². The molecule has 0 saturated carbocycles. The Morgan fingerprint density at radius 3 is 2.78 bits per heavy atom. The average Bonchev–Trinajstić information content (AvgIpc) is 3.33. The second-order valence-electron chi connectivity index (χ2n) is 8.99.